The van der Waals surface area contributed by atoms with E-state index in [4.69, 9.17) is 0 Å². The number of hydroxylamine groups is 2. The summed E-state index contributed by atoms with van der Waals surface area (Å²) in [6.07, 6.45) is 5.16. The first-order chi connectivity index (χ1) is 12.0. The van der Waals surface area contributed by atoms with Gasteiger partial charge >= 0.3 is 0 Å². The van der Waals surface area contributed by atoms with Crippen molar-refractivity contribution in [2.24, 2.45) is 5.92 Å². The van der Waals surface area contributed by atoms with Crippen molar-refractivity contribution in [3.63, 3.8) is 0 Å². The number of carbonyl (C=O) groups is 2. The molecule has 0 aromatic carbocycles. The summed E-state index contributed by atoms with van der Waals surface area (Å²) in [6.45, 7) is 5.96. The van der Waals surface area contributed by atoms with Gasteiger partial charge < -0.3 is 0 Å². The maximum Gasteiger partial charge on any atom is 0.261 e. The summed E-state index contributed by atoms with van der Waals surface area (Å²) < 4.78 is 0. The molecule has 9 nitrogen and oxygen atoms in total. The van der Waals surface area contributed by atoms with Gasteiger partial charge in [0.05, 0.1) is 23.9 Å². The normalized spacial score (nSPS) is 11.7. The SMILES string of the molecule is CCCCC[C@@H](CN(O)C=O)C(=O)NNc1nnc(CC)c(CC)n1. The number of rotatable bonds is 12. The molecule has 0 aliphatic carbocycles. The summed E-state index contributed by atoms with van der Waals surface area (Å²) in [7, 11) is 0. The van der Waals surface area contributed by atoms with Crippen LogP contribution in [0.25, 0.3) is 0 Å². The van der Waals surface area contributed by atoms with Gasteiger partial charge in [0, 0.05) is 0 Å². The van der Waals surface area contributed by atoms with E-state index in [1.807, 2.05) is 13.8 Å². The fraction of sp³-hybridized carbons (Fsp3) is 0.688. The average Bonchev–Trinajstić information content (AvgIpc) is 2.64. The highest BCUT2D eigenvalue weighted by atomic mass is 16.5. The van der Waals surface area contributed by atoms with E-state index in [1.165, 1.54) is 0 Å². The molecular formula is C16H28N6O3. The minimum absolute atomic E-state index is 0.0607. The lowest BCUT2D eigenvalue weighted by atomic mass is 10.0. The van der Waals surface area contributed by atoms with Crippen molar-refractivity contribution in [1.29, 1.82) is 0 Å². The van der Waals surface area contributed by atoms with Crippen molar-refractivity contribution in [3.8, 4) is 0 Å². The molecule has 0 unspecified atom stereocenters. The number of hydrogen-bond donors (Lipinski definition) is 3. The highest BCUT2D eigenvalue weighted by molar-refractivity contribution is 5.80. The molecule has 1 aromatic heterocycles. The summed E-state index contributed by atoms with van der Waals surface area (Å²) in [6, 6.07) is 0. The fourth-order valence-electron chi connectivity index (χ4n) is 2.43. The van der Waals surface area contributed by atoms with Crippen molar-refractivity contribution in [2.75, 3.05) is 12.0 Å². The van der Waals surface area contributed by atoms with E-state index in [-0.39, 0.29) is 24.8 Å². The van der Waals surface area contributed by atoms with Gasteiger partial charge in [0.25, 0.3) is 5.95 Å². The number of unbranched alkanes of at least 4 members (excludes halogenated alkanes) is 2. The second-order valence-electron chi connectivity index (χ2n) is 5.77. The Kier molecular flexibility index (Phi) is 9.38. The lowest BCUT2D eigenvalue weighted by Gasteiger charge is -2.19. The Labute approximate surface area is 148 Å². The van der Waals surface area contributed by atoms with Gasteiger partial charge in [-0.1, -0.05) is 40.0 Å². The topological polar surface area (TPSA) is 120 Å². The predicted octanol–water partition coefficient (Wildman–Crippen LogP) is 1.48. The molecule has 0 radical (unpaired) electrons. The zero-order chi connectivity index (χ0) is 18.7. The van der Waals surface area contributed by atoms with Gasteiger partial charge in [-0.25, -0.2) is 10.0 Å². The molecule has 0 saturated carbocycles. The summed E-state index contributed by atoms with van der Waals surface area (Å²) >= 11 is 0. The average molecular weight is 352 g/mol. The van der Waals surface area contributed by atoms with Crippen LogP contribution in [-0.4, -0.2) is 44.3 Å². The van der Waals surface area contributed by atoms with Crippen LogP contribution >= 0.6 is 0 Å². The number of hydrazine groups is 1. The largest absolute Gasteiger partial charge is 0.286 e. The molecule has 0 aliphatic heterocycles. The monoisotopic (exact) mass is 352 g/mol. The molecule has 0 fully saturated rings. The van der Waals surface area contributed by atoms with Gasteiger partial charge in [-0.15, -0.1) is 10.2 Å². The number of aryl methyl sites for hydroxylation is 2. The Morgan fingerprint density at radius 3 is 2.52 bits per heavy atom. The van der Waals surface area contributed by atoms with Crippen LogP contribution in [0.2, 0.25) is 0 Å². The third kappa shape index (κ3) is 7.00. The predicted molar refractivity (Wildman–Crippen MR) is 92.5 cm³/mol. The Balaban J connectivity index is 2.67. The second-order valence-corrected chi connectivity index (χ2v) is 5.77. The fourth-order valence-corrected chi connectivity index (χ4v) is 2.43. The minimum Gasteiger partial charge on any atom is -0.286 e. The third-order valence-electron chi connectivity index (χ3n) is 3.86. The number of aromatic nitrogens is 3. The molecule has 3 N–H and O–H groups in total. The van der Waals surface area contributed by atoms with E-state index in [9.17, 15) is 14.8 Å². The first kappa shape index (κ1) is 20.8. The van der Waals surface area contributed by atoms with Crippen molar-refractivity contribution in [1.82, 2.24) is 25.7 Å². The molecule has 25 heavy (non-hydrogen) atoms. The molecule has 0 bridgehead atoms. The minimum atomic E-state index is -0.525. The molecule has 140 valence electrons. The van der Waals surface area contributed by atoms with Crippen LogP contribution in [0.5, 0.6) is 0 Å². The quantitative estimate of drug-likeness (QED) is 0.225. The Bertz CT molecular complexity index is 555. The number of amides is 2. The molecule has 9 heteroatoms. The van der Waals surface area contributed by atoms with Crippen molar-refractivity contribution >= 4 is 18.3 Å². The van der Waals surface area contributed by atoms with Gasteiger partial charge in [0.1, 0.15) is 0 Å². The molecule has 1 heterocycles. The Morgan fingerprint density at radius 1 is 1.20 bits per heavy atom. The van der Waals surface area contributed by atoms with E-state index < -0.39 is 5.92 Å². The smallest absolute Gasteiger partial charge is 0.261 e. The molecule has 0 saturated heterocycles. The maximum atomic E-state index is 12.3. The van der Waals surface area contributed by atoms with Crippen LogP contribution in [0.3, 0.4) is 0 Å². The van der Waals surface area contributed by atoms with E-state index >= 15 is 0 Å². The molecule has 0 aliphatic rings. The summed E-state index contributed by atoms with van der Waals surface area (Å²) in [5.74, 6) is -0.646. The van der Waals surface area contributed by atoms with Gasteiger partial charge in [-0.2, -0.15) is 0 Å². The Hall–Kier alpha value is -2.29. The summed E-state index contributed by atoms with van der Waals surface area (Å²) in [5.41, 5.74) is 6.86. The first-order valence-electron chi connectivity index (χ1n) is 8.74. The van der Waals surface area contributed by atoms with E-state index in [2.05, 4.69) is 33.0 Å². The molecule has 1 rings (SSSR count). The van der Waals surface area contributed by atoms with Crippen molar-refractivity contribution in [3.05, 3.63) is 11.4 Å². The van der Waals surface area contributed by atoms with Crippen molar-refractivity contribution < 1.29 is 14.8 Å². The van der Waals surface area contributed by atoms with Crippen molar-refractivity contribution in [2.45, 2.75) is 59.3 Å². The van der Waals surface area contributed by atoms with Crippen LogP contribution in [0.1, 0.15) is 57.8 Å². The highest BCUT2D eigenvalue weighted by Crippen LogP contribution is 2.12. The van der Waals surface area contributed by atoms with E-state index in [1.54, 1.807) is 0 Å². The lowest BCUT2D eigenvalue weighted by molar-refractivity contribution is -0.154. The van der Waals surface area contributed by atoms with Crippen LogP contribution in [-0.2, 0) is 22.4 Å². The van der Waals surface area contributed by atoms with E-state index in [0.29, 0.717) is 11.5 Å². The molecule has 2 amide bonds. The number of anilines is 1. The van der Waals surface area contributed by atoms with Crippen LogP contribution < -0.4 is 10.9 Å². The standard InChI is InChI=1S/C16H28N6O3/c1-4-7-8-9-12(10-22(25)11-23)15(24)19-21-16-17-13(5-2)14(6-3)18-20-16/h11-12,25H,4-10H2,1-3H3,(H,19,24)(H,17,20,21)/t12-/m0/s1. The zero-order valence-electron chi connectivity index (χ0n) is 15.2. The maximum absolute atomic E-state index is 12.3. The summed E-state index contributed by atoms with van der Waals surface area (Å²) in [4.78, 5) is 27.3. The molecule has 1 aromatic rings. The molecule has 1 atom stereocenters. The number of nitrogens with one attached hydrogen (secondary N) is 2. The lowest BCUT2D eigenvalue weighted by Crippen LogP contribution is -2.40. The number of nitrogens with zero attached hydrogens (tertiary/aromatic N) is 4. The van der Waals surface area contributed by atoms with Crippen LogP contribution in [0.4, 0.5) is 5.95 Å². The molecule has 0 spiro atoms. The van der Waals surface area contributed by atoms with Gasteiger partial charge in [-0.3, -0.25) is 25.6 Å². The summed E-state index contributed by atoms with van der Waals surface area (Å²) in [5, 5.41) is 17.9. The third-order valence-corrected chi connectivity index (χ3v) is 3.86. The zero-order valence-corrected chi connectivity index (χ0v) is 15.2. The van der Waals surface area contributed by atoms with Crippen LogP contribution in [0, 0.1) is 5.92 Å². The van der Waals surface area contributed by atoms with Crippen LogP contribution in [0.15, 0.2) is 0 Å². The number of hydrogen-bond acceptors (Lipinski definition) is 7. The first-order valence-corrected chi connectivity index (χ1v) is 8.74. The van der Waals surface area contributed by atoms with Gasteiger partial charge in [-0.05, 0) is 19.3 Å². The van der Waals surface area contributed by atoms with Gasteiger partial charge in [0.15, 0.2) is 0 Å². The highest BCUT2D eigenvalue weighted by Gasteiger charge is 2.21. The van der Waals surface area contributed by atoms with Gasteiger partial charge in [0.2, 0.25) is 12.3 Å². The van der Waals surface area contributed by atoms with E-state index in [0.717, 1.165) is 43.5 Å². The molecular weight excluding hydrogens is 324 g/mol. The number of carbonyl (C=O) groups excluding carboxylic acids is 2. The second kappa shape index (κ2) is 11.3. The Morgan fingerprint density at radius 2 is 1.92 bits per heavy atom.